The Balaban J connectivity index is 2.23. The summed E-state index contributed by atoms with van der Waals surface area (Å²) in [5.41, 5.74) is 1.85. The fraction of sp³-hybridized carbons (Fsp3) is 0.722. The molecule has 0 unspecified atom stereocenters. The van der Waals surface area contributed by atoms with Gasteiger partial charge in [-0.2, -0.15) is 0 Å². The third-order valence-electron chi connectivity index (χ3n) is 3.81. The van der Waals surface area contributed by atoms with Gasteiger partial charge in [0, 0.05) is 19.9 Å². The lowest BCUT2D eigenvalue weighted by atomic mass is 10.1. The van der Waals surface area contributed by atoms with E-state index in [0.717, 1.165) is 23.7 Å². The molecule has 0 aliphatic heterocycles. The lowest BCUT2D eigenvalue weighted by Gasteiger charge is -2.13. The van der Waals surface area contributed by atoms with E-state index in [-0.39, 0.29) is 0 Å². The summed E-state index contributed by atoms with van der Waals surface area (Å²) in [7, 11) is 3.35. The maximum atomic E-state index is 5.46. The van der Waals surface area contributed by atoms with Gasteiger partial charge < -0.3 is 14.8 Å². The van der Waals surface area contributed by atoms with Gasteiger partial charge in [-0.3, -0.25) is 4.98 Å². The van der Waals surface area contributed by atoms with Crippen molar-refractivity contribution in [2.24, 2.45) is 0 Å². The first kappa shape index (κ1) is 18.8. The molecule has 0 aliphatic rings. The molecule has 0 radical (unpaired) electrons. The van der Waals surface area contributed by atoms with Crippen LogP contribution in [0.25, 0.3) is 0 Å². The van der Waals surface area contributed by atoms with Gasteiger partial charge in [-0.15, -0.1) is 0 Å². The quantitative estimate of drug-likeness (QED) is 0.532. The molecule has 0 atom stereocenters. The number of pyridine rings is 1. The van der Waals surface area contributed by atoms with Gasteiger partial charge in [-0.05, 0) is 12.5 Å². The molecular formula is C18H32N2O2. The van der Waals surface area contributed by atoms with E-state index in [1.54, 1.807) is 20.4 Å². The van der Waals surface area contributed by atoms with Crippen molar-refractivity contribution < 1.29 is 9.47 Å². The van der Waals surface area contributed by atoms with Crippen molar-refractivity contribution in [3.05, 3.63) is 18.0 Å². The third kappa shape index (κ3) is 7.12. The second-order valence-corrected chi connectivity index (χ2v) is 5.67. The third-order valence-corrected chi connectivity index (χ3v) is 3.81. The highest BCUT2D eigenvalue weighted by atomic mass is 16.5. The largest absolute Gasteiger partial charge is 0.493 e. The normalized spacial score (nSPS) is 10.7. The smallest absolute Gasteiger partial charge is 0.165 e. The van der Waals surface area contributed by atoms with Crippen LogP contribution in [0.5, 0.6) is 5.75 Å². The number of nitrogens with one attached hydrogen (secondary N) is 1. The van der Waals surface area contributed by atoms with Crippen LogP contribution in [-0.4, -0.2) is 25.7 Å². The summed E-state index contributed by atoms with van der Waals surface area (Å²) in [6, 6.07) is 1.96. The highest BCUT2D eigenvalue weighted by molar-refractivity contribution is 5.57. The van der Waals surface area contributed by atoms with E-state index in [1.165, 1.54) is 51.4 Å². The van der Waals surface area contributed by atoms with Crippen LogP contribution in [0, 0.1) is 0 Å². The van der Waals surface area contributed by atoms with Gasteiger partial charge in [0.1, 0.15) is 5.69 Å². The van der Waals surface area contributed by atoms with Crippen molar-refractivity contribution in [2.75, 3.05) is 26.1 Å². The van der Waals surface area contributed by atoms with Crippen molar-refractivity contribution in [1.29, 1.82) is 0 Å². The molecule has 1 aromatic rings. The molecule has 1 N–H and O–H groups in total. The molecular weight excluding hydrogens is 276 g/mol. The Morgan fingerprint density at radius 1 is 1.00 bits per heavy atom. The minimum absolute atomic E-state index is 0.469. The van der Waals surface area contributed by atoms with E-state index in [2.05, 4.69) is 17.2 Å². The molecule has 1 heterocycles. The lowest BCUT2D eigenvalue weighted by Crippen LogP contribution is -2.06. The molecule has 4 heteroatoms. The van der Waals surface area contributed by atoms with Crippen molar-refractivity contribution in [3.63, 3.8) is 0 Å². The number of hydrogen-bond acceptors (Lipinski definition) is 4. The van der Waals surface area contributed by atoms with Crippen molar-refractivity contribution in [2.45, 2.75) is 64.9 Å². The van der Waals surface area contributed by atoms with Crippen LogP contribution in [0.3, 0.4) is 0 Å². The van der Waals surface area contributed by atoms with Crippen LogP contribution < -0.4 is 10.1 Å². The van der Waals surface area contributed by atoms with Gasteiger partial charge >= 0.3 is 0 Å². The fourth-order valence-electron chi connectivity index (χ4n) is 2.58. The number of unbranched alkanes of at least 4 members (excludes halogenated alkanes) is 7. The molecule has 0 saturated heterocycles. The van der Waals surface area contributed by atoms with Gasteiger partial charge in [0.15, 0.2) is 5.75 Å². The predicted octanol–water partition coefficient (Wildman–Crippen LogP) is 4.79. The summed E-state index contributed by atoms with van der Waals surface area (Å²) < 4.78 is 10.6. The SMILES string of the molecule is CCCCCCCCCCNc1ccnc(COC)c1OC. The summed E-state index contributed by atoms with van der Waals surface area (Å²) in [5, 5.41) is 3.45. The zero-order valence-electron chi connectivity index (χ0n) is 14.5. The second kappa shape index (κ2) is 12.3. The molecule has 1 rings (SSSR count). The Morgan fingerprint density at radius 3 is 2.32 bits per heavy atom. The topological polar surface area (TPSA) is 43.4 Å². The van der Waals surface area contributed by atoms with E-state index >= 15 is 0 Å². The number of rotatable bonds is 13. The Kier molecular flexibility index (Phi) is 10.5. The zero-order chi connectivity index (χ0) is 16.0. The Hall–Kier alpha value is -1.29. The van der Waals surface area contributed by atoms with Crippen molar-refractivity contribution in [1.82, 2.24) is 4.98 Å². The van der Waals surface area contributed by atoms with Gasteiger partial charge in [0.05, 0.1) is 19.4 Å². The first-order valence-corrected chi connectivity index (χ1v) is 8.58. The summed E-state index contributed by atoms with van der Waals surface area (Å²) in [6.45, 7) is 3.70. The monoisotopic (exact) mass is 308 g/mol. The van der Waals surface area contributed by atoms with Gasteiger partial charge in [0.25, 0.3) is 0 Å². The minimum Gasteiger partial charge on any atom is -0.493 e. The zero-order valence-corrected chi connectivity index (χ0v) is 14.5. The average Bonchev–Trinajstić information content (AvgIpc) is 2.54. The van der Waals surface area contributed by atoms with Crippen LogP contribution in [0.4, 0.5) is 5.69 Å². The molecule has 0 spiro atoms. The van der Waals surface area contributed by atoms with E-state index in [1.807, 2.05) is 6.07 Å². The standard InChI is InChI=1S/C18H32N2O2/c1-4-5-6-7-8-9-10-11-13-19-16-12-14-20-17(15-21-2)18(16)22-3/h12,14H,4-11,13,15H2,1-3H3,(H,19,20). The highest BCUT2D eigenvalue weighted by Crippen LogP contribution is 2.27. The Labute approximate surface area is 135 Å². The number of hydrogen-bond donors (Lipinski definition) is 1. The molecule has 0 aromatic carbocycles. The number of aromatic nitrogens is 1. The van der Waals surface area contributed by atoms with Crippen LogP contribution in [0.1, 0.15) is 64.0 Å². The van der Waals surface area contributed by atoms with E-state index in [9.17, 15) is 0 Å². The summed E-state index contributed by atoms with van der Waals surface area (Å²) in [4.78, 5) is 4.30. The van der Waals surface area contributed by atoms with Crippen molar-refractivity contribution >= 4 is 5.69 Å². The summed E-state index contributed by atoms with van der Waals surface area (Å²) in [5.74, 6) is 0.795. The van der Waals surface area contributed by atoms with E-state index in [4.69, 9.17) is 9.47 Å². The number of methoxy groups -OCH3 is 2. The number of nitrogens with zero attached hydrogens (tertiary/aromatic N) is 1. The van der Waals surface area contributed by atoms with E-state index in [0.29, 0.717) is 6.61 Å². The van der Waals surface area contributed by atoms with E-state index < -0.39 is 0 Å². The predicted molar refractivity (Wildman–Crippen MR) is 92.6 cm³/mol. The van der Waals surface area contributed by atoms with Crippen molar-refractivity contribution in [3.8, 4) is 5.75 Å². The molecule has 0 amide bonds. The number of ether oxygens (including phenoxy) is 2. The molecule has 1 aromatic heterocycles. The van der Waals surface area contributed by atoms with Gasteiger partial charge in [0.2, 0.25) is 0 Å². The lowest BCUT2D eigenvalue weighted by molar-refractivity contribution is 0.178. The van der Waals surface area contributed by atoms with Crippen LogP contribution in [0.2, 0.25) is 0 Å². The first-order valence-electron chi connectivity index (χ1n) is 8.58. The average molecular weight is 308 g/mol. The van der Waals surface area contributed by atoms with Crippen LogP contribution in [0.15, 0.2) is 12.3 Å². The molecule has 0 saturated carbocycles. The van der Waals surface area contributed by atoms with Crippen LogP contribution in [-0.2, 0) is 11.3 Å². The summed E-state index contributed by atoms with van der Waals surface area (Å²) >= 11 is 0. The molecule has 22 heavy (non-hydrogen) atoms. The Bertz CT molecular complexity index is 397. The van der Waals surface area contributed by atoms with Gasteiger partial charge in [-0.25, -0.2) is 0 Å². The molecule has 0 fully saturated rings. The molecule has 4 nitrogen and oxygen atoms in total. The minimum atomic E-state index is 0.469. The Morgan fingerprint density at radius 2 is 1.68 bits per heavy atom. The number of anilines is 1. The van der Waals surface area contributed by atoms with Crippen LogP contribution >= 0.6 is 0 Å². The summed E-state index contributed by atoms with van der Waals surface area (Å²) in [6.07, 6.45) is 12.5. The molecule has 0 bridgehead atoms. The maximum absolute atomic E-state index is 5.46. The second-order valence-electron chi connectivity index (χ2n) is 5.67. The fourth-order valence-corrected chi connectivity index (χ4v) is 2.58. The highest BCUT2D eigenvalue weighted by Gasteiger charge is 2.09. The maximum Gasteiger partial charge on any atom is 0.165 e. The van der Waals surface area contributed by atoms with Gasteiger partial charge in [-0.1, -0.05) is 51.9 Å². The first-order chi connectivity index (χ1) is 10.8. The molecule has 126 valence electrons. The molecule has 0 aliphatic carbocycles.